The Morgan fingerprint density at radius 3 is 2.48 bits per heavy atom. The number of carbonyl (C=O) groups is 2. The average Bonchev–Trinajstić information content (AvgIpc) is 3.17. The SMILES string of the molecule is CN(C)C(=O)c1cc(NC(=O)c2ccccc2-n2cncn2)c(F)cc1F. The van der Waals surface area contributed by atoms with E-state index in [2.05, 4.69) is 15.4 Å². The minimum Gasteiger partial charge on any atom is -0.345 e. The molecule has 27 heavy (non-hydrogen) atoms. The van der Waals surface area contributed by atoms with Crippen LogP contribution in [0.4, 0.5) is 14.5 Å². The Morgan fingerprint density at radius 2 is 1.81 bits per heavy atom. The molecule has 0 atom stereocenters. The highest BCUT2D eigenvalue weighted by atomic mass is 19.1. The number of hydrogen-bond donors (Lipinski definition) is 1. The van der Waals surface area contributed by atoms with Crippen molar-refractivity contribution in [3.8, 4) is 5.69 Å². The smallest absolute Gasteiger partial charge is 0.257 e. The number of nitrogens with one attached hydrogen (secondary N) is 1. The zero-order chi connectivity index (χ0) is 19.6. The molecule has 0 spiro atoms. The molecule has 2 aromatic carbocycles. The first-order chi connectivity index (χ1) is 12.9. The minimum atomic E-state index is -1.01. The Bertz CT molecular complexity index is 1000. The molecule has 0 saturated heterocycles. The third-order valence-electron chi connectivity index (χ3n) is 3.76. The van der Waals surface area contributed by atoms with Crippen LogP contribution in [0, 0.1) is 11.6 Å². The number of nitrogens with zero attached hydrogens (tertiary/aromatic N) is 4. The Kier molecular flexibility index (Phi) is 4.93. The lowest BCUT2D eigenvalue weighted by molar-refractivity contribution is 0.0822. The molecule has 1 N–H and O–H groups in total. The third-order valence-corrected chi connectivity index (χ3v) is 3.76. The molecule has 7 nitrogen and oxygen atoms in total. The molecule has 3 aromatic rings. The normalized spacial score (nSPS) is 10.5. The van der Waals surface area contributed by atoms with E-state index in [0.717, 1.165) is 11.0 Å². The number of benzene rings is 2. The first-order valence-electron chi connectivity index (χ1n) is 7.84. The summed E-state index contributed by atoms with van der Waals surface area (Å²) in [5.41, 5.74) is -0.0203. The lowest BCUT2D eigenvalue weighted by atomic mass is 10.1. The summed E-state index contributed by atoms with van der Waals surface area (Å²) in [4.78, 5) is 29.7. The summed E-state index contributed by atoms with van der Waals surface area (Å²) in [6, 6.07) is 8.06. The van der Waals surface area contributed by atoms with Crippen molar-refractivity contribution >= 4 is 17.5 Å². The Hall–Kier alpha value is -3.62. The van der Waals surface area contributed by atoms with Crippen molar-refractivity contribution in [2.45, 2.75) is 0 Å². The van der Waals surface area contributed by atoms with Gasteiger partial charge >= 0.3 is 0 Å². The predicted octanol–water partition coefficient (Wildman–Crippen LogP) is 2.50. The van der Waals surface area contributed by atoms with E-state index in [4.69, 9.17) is 0 Å². The van der Waals surface area contributed by atoms with Crippen molar-refractivity contribution < 1.29 is 18.4 Å². The van der Waals surface area contributed by atoms with Crippen LogP contribution in [-0.2, 0) is 0 Å². The highest BCUT2D eigenvalue weighted by Crippen LogP contribution is 2.22. The molecule has 0 saturated carbocycles. The molecule has 0 aliphatic carbocycles. The monoisotopic (exact) mass is 371 g/mol. The summed E-state index contributed by atoms with van der Waals surface area (Å²) in [7, 11) is 2.88. The van der Waals surface area contributed by atoms with Crippen LogP contribution >= 0.6 is 0 Å². The molecule has 0 aliphatic rings. The van der Waals surface area contributed by atoms with Crippen LogP contribution in [0.25, 0.3) is 5.69 Å². The molecule has 1 aromatic heterocycles. The molecule has 2 amide bonds. The molecular weight excluding hydrogens is 356 g/mol. The molecule has 0 fully saturated rings. The van der Waals surface area contributed by atoms with Gasteiger partial charge in [-0.05, 0) is 18.2 Å². The van der Waals surface area contributed by atoms with Crippen LogP contribution in [-0.4, -0.2) is 45.6 Å². The highest BCUT2D eigenvalue weighted by Gasteiger charge is 2.20. The van der Waals surface area contributed by atoms with Crippen LogP contribution in [0.1, 0.15) is 20.7 Å². The first kappa shape index (κ1) is 18.2. The summed E-state index contributed by atoms with van der Waals surface area (Å²) in [5, 5.41) is 6.35. The van der Waals surface area contributed by atoms with Crippen LogP contribution in [0.15, 0.2) is 49.1 Å². The van der Waals surface area contributed by atoms with Gasteiger partial charge in [0.25, 0.3) is 11.8 Å². The number of para-hydroxylation sites is 1. The van der Waals surface area contributed by atoms with E-state index >= 15 is 0 Å². The maximum absolute atomic E-state index is 14.1. The number of carbonyl (C=O) groups excluding carboxylic acids is 2. The lowest BCUT2D eigenvalue weighted by Crippen LogP contribution is -2.23. The van der Waals surface area contributed by atoms with Crippen molar-refractivity contribution in [3.63, 3.8) is 0 Å². The van der Waals surface area contributed by atoms with Crippen LogP contribution < -0.4 is 5.32 Å². The van der Waals surface area contributed by atoms with Crippen molar-refractivity contribution in [2.24, 2.45) is 0 Å². The standard InChI is InChI=1S/C18H15F2N5O2/c1-24(2)18(27)12-7-15(14(20)8-13(12)19)23-17(26)11-5-3-4-6-16(11)25-10-21-9-22-25/h3-10H,1-2H3,(H,23,26). The van der Waals surface area contributed by atoms with Gasteiger partial charge in [-0.1, -0.05) is 12.1 Å². The van der Waals surface area contributed by atoms with Gasteiger partial charge in [0, 0.05) is 20.2 Å². The molecule has 3 rings (SSSR count). The van der Waals surface area contributed by atoms with Crippen LogP contribution in [0.5, 0.6) is 0 Å². The summed E-state index contributed by atoms with van der Waals surface area (Å²) in [6.07, 6.45) is 2.73. The second-order valence-electron chi connectivity index (χ2n) is 5.82. The van der Waals surface area contributed by atoms with Gasteiger partial charge in [-0.2, -0.15) is 5.10 Å². The molecule has 0 radical (unpaired) electrons. The zero-order valence-electron chi connectivity index (χ0n) is 14.5. The van der Waals surface area contributed by atoms with E-state index in [0.29, 0.717) is 11.8 Å². The van der Waals surface area contributed by atoms with E-state index in [1.54, 1.807) is 18.2 Å². The van der Waals surface area contributed by atoms with Crippen LogP contribution in [0.2, 0.25) is 0 Å². The Balaban J connectivity index is 1.96. The van der Waals surface area contributed by atoms with E-state index in [1.807, 2.05) is 0 Å². The summed E-state index contributed by atoms with van der Waals surface area (Å²) in [6.45, 7) is 0. The van der Waals surface area contributed by atoms with Gasteiger partial charge < -0.3 is 10.2 Å². The average molecular weight is 371 g/mol. The van der Waals surface area contributed by atoms with Crippen molar-refractivity contribution in [1.29, 1.82) is 0 Å². The molecular formula is C18H15F2N5O2. The largest absolute Gasteiger partial charge is 0.345 e. The van der Waals surface area contributed by atoms with Crippen molar-refractivity contribution in [3.05, 3.63) is 71.8 Å². The summed E-state index contributed by atoms with van der Waals surface area (Å²) < 4.78 is 29.5. The second-order valence-corrected chi connectivity index (χ2v) is 5.82. The predicted molar refractivity (Wildman–Crippen MR) is 93.7 cm³/mol. The number of halogens is 2. The molecule has 1 heterocycles. The molecule has 0 aliphatic heterocycles. The zero-order valence-corrected chi connectivity index (χ0v) is 14.5. The number of amides is 2. The fourth-order valence-corrected chi connectivity index (χ4v) is 2.44. The van der Waals surface area contributed by atoms with Gasteiger partial charge in [0.1, 0.15) is 24.3 Å². The fraction of sp³-hybridized carbons (Fsp3) is 0.111. The Morgan fingerprint density at radius 1 is 1.07 bits per heavy atom. The summed E-state index contributed by atoms with van der Waals surface area (Å²) in [5.74, 6) is -3.29. The number of anilines is 1. The van der Waals surface area contributed by atoms with Gasteiger partial charge in [-0.25, -0.2) is 18.4 Å². The van der Waals surface area contributed by atoms with Gasteiger partial charge in [0.2, 0.25) is 0 Å². The van der Waals surface area contributed by atoms with Crippen molar-refractivity contribution in [2.75, 3.05) is 19.4 Å². The molecule has 138 valence electrons. The Labute approximate surface area is 153 Å². The van der Waals surface area contributed by atoms with E-state index < -0.39 is 23.4 Å². The third kappa shape index (κ3) is 3.66. The van der Waals surface area contributed by atoms with E-state index in [1.165, 1.54) is 37.5 Å². The van der Waals surface area contributed by atoms with Crippen LogP contribution in [0.3, 0.4) is 0 Å². The lowest BCUT2D eigenvalue weighted by Gasteiger charge is -2.14. The minimum absolute atomic E-state index is 0.201. The second kappa shape index (κ2) is 7.32. The topological polar surface area (TPSA) is 80.1 Å². The van der Waals surface area contributed by atoms with E-state index in [9.17, 15) is 18.4 Å². The fourth-order valence-electron chi connectivity index (χ4n) is 2.44. The number of hydrogen-bond acceptors (Lipinski definition) is 4. The summed E-state index contributed by atoms with van der Waals surface area (Å²) >= 11 is 0. The molecule has 0 unspecified atom stereocenters. The van der Waals surface area contributed by atoms with Gasteiger partial charge in [0.05, 0.1) is 22.5 Å². The number of rotatable bonds is 4. The maximum atomic E-state index is 14.1. The van der Waals surface area contributed by atoms with Gasteiger partial charge in [-0.3, -0.25) is 9.59 Å². The van der Waals surface area contributed by atoms with Gasteiger partial charge in [-0.15, -0.1) is 0 Å². The highest BCUT2D eigenvalue weighted by molar-refractivity contribution is 6.07. The first-order valence-corrected chi connectivity index (χ1v) is 7.84. The van der Waals surface area contributed by atoms with Crippen molar-refractivity contribution in [1.82, 2.24) is 19.7 Å². The van der Waals surface area contributed by atoms with Gasteiger partial charge in [0.15, 0.2) is 0 Å². The molecule has 9 heteroatoms. The van der Waals surface area contributed by atoms with E-state index in [-0.39, 0.29) is 16.8 Å². The number of aromatic nitrogens is 3. The quantitative estimate of drug-likeness (QED) is 0.764. The maximum Gasteiger partial charge on any atom is 0.257 e. The molecule has 0 bridgehead atoms.